The van der Waals surface area contributed by atoms with Crippen molar-refractivity contribution in [3.8, 4) is 0 Å². The maximum atomic E-state index is 14.0. The monoisotopic (exact) mass is 430 g/mol. The van der Waals surface area contributed by atoms with Gasteiger partial charge in [-0.15, -0.1) is 11.3 Å². The van der Waals surface area contributed by atoms with Gasteiger partial charge in [-0.1, -0.05) is 0 Å². The number of rotatable bonds is 5. The van der Waals surface area contributed by atoms with Gasteiger partial charge in [0.25, 0.3) is 0 Å². The van der Waals surface area contributed by atoms with E-state index in [-0.39, 0.29) is 17.8 Å². The quantitative estimate of drug-likeness (QED) is 0.561. The molecule has 4 rings (SSSR count). The van der Waals surface area contributed by atoms with Crippen LogP contribution in [0, 0.1) is 5.82 Å². The van der Waals surface area contributed by atoms with Crippen molar-refractivity contribution in [2.24, 2.45) is 4.99 Å². The molecule has 9 heteroatoms. The van der Waals surface area contributed by atoms with Crippen molar-refractivity contribution in [3.05, 3.63) is 46.0 Å². The highest BCUT2D eigenvalue weighted by molar-refractivity contribution is 7.10. The number of hydrogen-bond acceptors (Lipinski definition) is 5. The number of hydrogen-bond donors (Lipinski definition) is 2. The molecular weight excluding hydrogens is 403 g/mol. The number of anilines is 1. The van der Waals surface area contributed by atoms with Gasteiger partial charge in [0.1, 0.15) is 0 Å². The summed E-state index contributed by atoms with van der Waals surface area (Å²) in [6, 6.07) is 5.29. The van der Waals surface area contributed by atoms with Crippen LogP contribution in [0.3, 0.4) is 0 Å². The number of carbonyl (C=O) groups excluding carboxylic acids is 1. The molecule has 0 radical (unpaired) electrons. The van der Waals surface area contributed by atoms with E-state index in [9.17, 15) is 9.18 Å². The summed E-state index contributed by atoms with van der Waals surface area (Å²) in [5.41, 5.74) is 1.28. The summed E-state index contributed by atoms with van der Waals surface area (Å²) in [7, 11) is 1.71. The highest BCUT2D eigenvalue weighted by Crippen LogP contribution is 2.24. The summed E-state index contributed by atoms with van der Waals surface area (Å²) in [6.45, 7) is 3.43. The van der Waals surface area contributed by atoms with Crippen LogP contribution >= 0.6 is 11.3 Å². The molecule has 7 nitrogen and oxygen atoms in total. The van der Waals surface area contributed by atoms with Crippen LogP contribution in [0.4, 0.5) is 10.2 Å². The van der Waals surface area contributed by atoms with Crippen LogP contribution in [-0.2, 0) is 17.8 Å². The first kappa shape index (κ1) is 20.6. The summed E-state index contributed by atoms with van der Waals surface area (Å²) >= 11 is 1.78. The molecule has 1 saturated heterocycles. The van der Waals surface area contributed by atoms with Gasteiger partial charge >= 0.3 is 0 Å². The lowest BCUT2D eigenvalue weighted by molar-refractivity contribution is -0.131. The first-order valence-electron chi connectivity index (χ1n) is 10.3. The van der Waals surface area contributed by atoms with E-state index in [0.29, 0.717) is 37.8 Å². The molecule has 1 amide bonds. The van der Waals surface area contributed by atoms with E-state index in [1.54, 1.807) is 30.6 Å². The van der Waals surface area contributed by atoms with Gasteiger partial charge in [0.2, 0.25) is 5.91 Å². The van der Waals surface area contributed by atoms with Crippen molar-refractivity contribution in [2.75, 3.05) is 38.1 Å². The molecule has 1 fully saturated rings. The van der Waals surface area contributed by atoms with Gasteiger partial charge < -0.3 is 20.4 Å². The first-order chi connectivity index (χ1) is 14.6. The number of carbonyl (C=O) groups is 1. The van der Waals surface area contributed by atoms with Crippen molar-refractivity contribution in [2.45, 2.75) is 31.8 Å². The molecule has 2 aliphatic rings. The van der Waals surface area contributed by atoms with Crippen molar-refractivity contribution in [3.63, 3.8) is 0 Å². The summed E-state index contributed by atoms with van der Waals surface area (Å²) < 4.78 is 14.0. The Morgan fingerprint density at radius 1 is 1.40 bits per heavy atom. The van der Waals surface area contributed by atoms with Crippen LogP contribution in [0.5, 0.6) is 0 Å². The number of halogens is 1. The zero-order chi connectivity index (χ0) is 20.9. The van der Waals surface area contributed by atoms with Gasteiger partial charge in [-0.05, 0) is 42.0 Å². The lowest BCUT2D eigenvalue weighted by atomic mass is 10.1. The lowest BCUT2D eigenvalue weighted by Gasteiger charge is -2.27. The summed E-state index contributed by atoms with van der Waals surface area (Å²) in [6.07, 6.45) is 3.85. The molecule has 1 unspecified atom stereocenters. The number of amides is 1. The lowest BCUT2D eigenvalue weighted by Crippen LogP contribution is -2.46. The average molecular weight is 431 g/mol. The maximum Gasteiger partial charge on any atom is 0.224 e. The standard InChI is InChI=1S/C21H27FN6OS/c1-23-21(26-16-5-10-28(14-16)20-17(22)3-2-8-24-20)25-9-4-19(29)27-11-6-18-15(13-27)7-12-30-18/h2-3,7-8,12,16H,4-6,9-11,13-14H2,1H3,(H2,23,25,26). The van der Waals surface area contributed by atoms with Crippen LogP contribution in [0.1, 0.15) is 23.3 Å². The number of aromatic nitrogens is 1. The second-order valence-corrected chi connectivity index (χ2v) is 8.57. The third kappa shape index (κ3) is 4.72. The molecule has 4 heterocycles. The van der Waals surface area contributed by atoms with Crippen LogP contribution in [-0.4, -0.2) is 61.0 Å². The van der Waals surface area contributed by atoms with E-state index in [1.807, 2.05) is 9.80 Å². The topological polar surface area (TPSA) is 72.9 Å². The Morgan fingerprint density at radius 3 is 3.13 bits per heavy atom. The number of nitrogens with zero attached hydrogens (tertiary/aromatic N) is 4. The molecule has 2 aromatic rings. The Morgan fingerprint density at radius 2 is 2.30 bits per heavy atom. The maximum absolute atomic E-state index is 14.0. The van der Waals surface area contributed by atoms with E-state index in [2.05, 4.69) is 32.1 Å². The molecule has 0 aliphatic carbocycles. The fraction of sp³-hybridized carbons (Fsp3) is 0.476. The van der Waals surface area contributed by atoms with Gasteiger partial charge in [-0.3, -0.25) is 9.79 Å². The third-order valence-electron chi connectivity index (χ3n) is 5.58. The number of fused-ring (bicyclic) bond motifs is 1. The Bertz CT molecular complexity index is 916. The average Bonchev–Trinajstić information content (AvgIpc) is 3.42. The van der Waals surface area contributed by atoms with Gasteiger partial charge in [0.05, 0.1) is 0 Å². The molecular formula is C21H27FN6OS. The molecule has 2 aliphatic heterocycles. The number of guanidine groups is 1. The van der Waals surface area contributed by atoms with Crippen molar-refractivity contribution >= 4 is 29.0 Å². The van der Waals surface area contributed by atoms with Crippen LogP contribution < -0.4 is 15.5 Å². The van der Waals surface area contributed by atoms with Gasteiger partial charge in [-0.2, -0.15) is 0 Å². The van der Waals surface area contributed by atoms with E-state index < -0.39 is 0 Å². The number of thiophene rings is 1. The zero-order valence-electron chi connectivity index (χ0n) is 17.1. The number of pyridine rings is 1. The molecule has 0 saturated carbocycles. The Labute approximate surface area is 180 Å². The minimum atomic E-state index is -0.300. The predicted molar refractivity (Wildman–Crippen MR) is 117 cm³/mol. The highest BCUT2D eigenvalue weighted by Gasteiger charge is 2.26. The Kier molecular flexibility index (Phi) is 6.47. The molecule has 0 aromatic carbocycles. The van der Waals surface area contributed by atoms with Gasteiger partial charge in [0.15, 0.2) is 17.6 Å². The van der Waals surface area contributed by atoms with E-state index >= 15 is 0 Å². The molecule has 1 atom stereocenters. The largest absolute Gasteiger partial charge is 0.356 e. The summed E-state index contributed by atoms with van der Waals surface area (Å²) in [4.78, 5) is 26.2. The molecule has 0 spiro atoms. The molecule has 2 N–H and O–H groups in total. The van der Waals surface area contributed by atoms with Gasteiger partial charge in [-0.25, -0.2) is 9.37 Å². The van der Waals surface area contributed by atoms with E-state index in [1.165, 1.54) is 16.5 Å². The van der Waals surface area contributed by atoms with E-state index in [0.717, 1.165) is 25.9 Å². The SMILES string of the molecule is CN=C(NCCC(=O)N1CCc2sccc2C1)NC1CCN(c2ncccc2F)C1. The number of aliphatic imine (C=N–C) groups is 1. The van der Waals surface area contributed by atoms with Gasteiger partial charge in [0, 0.05) is 63.3 Å². The minimum absolute atomic E-state index is 0.146. The normalized spacial score (nSPS) is 19.0. The Balaban J connectivity index is 1.21. The predicted octanol–water partition coefficient (Wildman–Crippen LogP) is 2.00. The summed E-state index contributed by atoms with van der Waals surface area (Å²) in [5.74, 6) is 0.916. The van der Waals surface area contributed by atoms with E-state index in [4.69, 9.17) is 0 Å². The fourth-order valence-electron chi connectivity index (χ4n) is 3.98. The van der Waals surface area contributed by atoms with Crippen LogP contribution in [0.15, 0.2) is 34.8 Å². The summed E-state index contributed by atoms with van der Waals surface area (Å²) in [5, 5.41) is 8.70. The highest BCUT2D eigenvalue weighted by atomic mass is 32.1. The molecule has 30 heavy (non-hydrogen) atoms. The second-order valence-electron chi connectivity index (χ2n) is 7.57. The van der Waals surface area contributed by atoms with Crippen molar-refractivity contribution in [1.82, 2.24) is 20.5 Å². The van der Waals surface area contributed by atoms with Crippen molar-refractivity contribution < 1.29 is 9.18 Å². The van der Waals surface area contributed by atoms with Crippen LogP contribution in [0.25, 0.3) is 0 Å². The first-order valence-corrected chi connectivity index (χ1v) is 11.2. The Hall–Kier alpha value is -2.68. The van der Waals surface area contributed by atoms with Crippen molar-refractivity contribution in [1.29, 1.82) is 0 Å². The molecule has 160 valence electrons. The molecule has 0 bridgehead atoms. The fourth-order valence-corrected chi connectivity index (χ4v) is 4.87. The smallest absolute Gasteiger partial charge is 0.224 e. The third-order valence-corrected chi connectivity index (χ3v) is 6.61. The van der Waals surface area contributed by atoms with Crippen LogP contribution in [0.2, 0.25) is 0 Å². The number of nitrogens with one attached hydrogen (secondary N) is 2. The minimum Gasteiger partial charge on any atom is -0.356 e. The zero-order valence-corrected chi connectivity index (χ0v) is 17.9. The second kappa shape index (κ2) is 9.42. The molecule has 2 aromatic heterocycles.